The Kier molecular flexibility index (Phi) is 3.54. The molecule has 0 radical (unpaired) electrons. The Bertz CT molecular complexity index is 414. The topological polar surface area (TPSA) is 88.1 Å². The molecule has 1 aromatic heterocycles. The highest BCUT2D eigenvalue weighted by Gasteiger charge is 2.18. The van der Waals surface area contributed by atoms with Crippen molar-refractivity contribution < 1.29 is 19.0 Å². The average molecular weight is 256 g/mol. The van der Waals surface area contributed by atoms with Crippen LogP contribution in [0.1, 0.15) is 0 Å². The van der Waals surface area contributed by atoms with Gasteiger partial charge in [0.2, 0.25) is 18.4 Å². The Labute approximate surface area is 93.6 Å². The van der Waals surface area contributed by atoms with Crippen molar-refractivity contribution in [2.75, 3.05) is 12.3 Å². The lowest BCUT2D eigenvalue weighted by atomic mass is 10.4. The van der Waals surface area contributed by atoms with E-state index >= 15 is 0 Å². The molecule has 4 N–H and O–H groups in total. The van der Waals surface area contributed by atoms with E-state index in [1.54, 1.807) is 0 Å². The summed E-state index contributed by atoms with van der Waals surface area (Å²) in [5.41, 5.74) is 5.11. The minimum Gasteiger partial charge on any atom is -0.562 e. The molecular weight excluding hydrogens is 250 g/mol. The molecule has 1 rings (SSSR count). The number of aromatic nitrogens is 1. The lowest BCUT2D eigenvalue weighted by Crippen LogP contribution is -2.11. The second-order valence-electron chi connectivity index (χ2n) is 2.46. The number of nitrogens with two attached hydrogens (primary N) is 1. The van der Waals surface area contributed by atoms with Crippen molar-refractivity contribution in [2.45, 2.75) is 0 Å². The van der Waals surface area contributed by atoms with Crippen LogP contribution in [0, 0.1) is 5.95 Å². The first-order valence-electron chi connectivity index (χ1n) is 3.60. The molecule has 1 aromatic rings. The van der Waals surface area contributed by atoms with Crippen LogP contribution in [0.3, 0.4) is 0 Å². The zero-order valence-corrected chi connectivity index (χ0v) is 8.69. The number of hydrogen-bond acceptors (Lipinski definition) is 4. The molecule has 8 heteroatoms. The quantitative estimate of drug-likeness (QED) is 0.638. The van der Waals surface area contributed by atoms with E-state index in [0.717, 1.165) is 0 Å². The Morgan fingerprint density at radius 2 is 2.13 bits per heavy atom. The van der Waals surface area contributed by atoms with Crippen LogP contribution in [0.5, 0.6) is 5.88 Å². The second kappa shape index (κ2) is 4.50. The maximum atomic E-state index is 13.0. The van der Waals surface area contributed by atoms with E-state index in [2.05, 4.69) is 9.72 Å². The van der Waals surface area contributed by atoms with Crippen LogP contribution in [0.25, 0.3) is 0 Å². The monoisotopic (exact) mass is 255 g/mol. The molecule has 1 heterocycles. The molecule has 15 heavy (non-hydrogen) atoms. The molecule has 0 fully saturated rings. The van der Waals surface area contributed by atoms with Gasteiger partial charge in [-0.05, 0) is 0 Å². The molecule has 0 saturated carbocycles. The van der Waals surface area contributed by atoms with Gasteiger partial charge in [0.15, 0.2) is 0 Å². The predicted molar refractivity (Wildman–Crippen MR) is 52.7 cm³/mol. The molecule has 0 amide bonds. The Morgan fingerprint density at radius 3 is 2.67 bits per heavy atom. The lowest BCUT2D eigenvalue weighted by Gasteiger charge is -2.07. The fraction of sp³-hybridized carbons (Fsp3) is 0.143. The molecule has 0 aliphatic carbocycles. The van der Waals surface area contributed by atoms with Crippen LogP contribution in [-0.2, 0) is 4.79 Å². The van der Waals surface area contributed by atoms with Gasteiger partial charge < -0.3 is 15.6 Å². The fourth-order valence-corrected chi connectivity index (χ4v) is 1.12. The van der Waals surface area contributed by atoms with E-state index in [1.807, 2.05) is 0 Å². The molecule has 0 spiro atoms. The number of carbonyl (C=O) groups is 1. The number of anilines is 1. The zero-order valence-electron chi connectivity index (χ0n) is 7.18. The van der Waals surface area contributed by atoms with Gasteiger partial charge in [0.1, 0.15) is 10.0 Å². The number of nitrogen functional groups attached to an aromatic ring is 1. The molecule has 0 bridgehead atoms. The third-order valence-corrected chi connectivity index (χ3v) is 2.11. The molecule has 0 aromatic carbocycles. The third-order valence-electron chi connectivity index (χ3n) is 1.38. The van der Waals surface area contributed by atoms with E-state index in [0.29, 0.717) is 0 Å². The first kappa shape index (κ1) is 11.8. The number of halogens is 3. The van der Waals surface area contributed by atoms with Gasteiger partial charge in [-0.2, -0.15) is 9.37 Å². The summed E-state index contributed by atoms with van der Waals surface area (Å²) in [5, 5.41) is 5.96. The third kappa shape index (κ3) is 2.60. The summed E-state index contributed by atoms with van der Waals surface area (Å²) in [7, 11) is 0. The van der Waals surface area contributed by atoms with E-state index in [4.69, 9.17) is 34.0 Å². The highest BCUT2D eigenvalue weighted by atomic mass is 35.5. The van der Waals surface area contributed by atoms with Crippen molar-refractivity contribution in [2.24, 2.45) is 0 Å². The minimum atomic E-state index is -1.05. The highest BCUT2D eigenvalue weighted by molar-refractivity contribution is 6.39. The molecular formula is C7H6Cl2FN2O3+. The van der Waals surface area contributed by atoms with E-state index in [9.17, 15) is 9.18 Å². The average Bonchev–Trinajstić information content (AvgIpc) is 2.18. The van der Waals surface area contributed by atoms with Gasteiger partial charge in [0.25, 0.3) is 0 Å². The summed E-state index contributed by atoms with van der Waals surface area (Å²) in [6.07, 6.45) is 0. The molecule has 0 aliphatic heterocycles. The van der Waals surface area contributed by atoms with Gasteiger partial charge in [-0.25, -0.2) is 0 Å². The van der Waals surface area contributed by atoms with Crippen LogP contribution in [-0.4, -0.2) is 22.7 Å². The lowest BCUT2D eigenvalue weighted by molar-refractivity contribution is -0.139. The van der Waals surface area contributed by atoms with E-state index in [1.165, 1.54) is 0 Å². The zero-order chi connectivity index (χ0) is 11.6. The van der Waals surface area contributed by atoms with Crippen molar-refractivity contribution >= 4 is 34.9 Å². The summed E-state index contributed by atoms with van der Waals surface area (Å²) < 4.78 is 17.6. The first-order chi connectivity index (χ1) is 6.93. The summed E-state index contributed by atoms with van der Waals surface area (Å²) in [4.78, 5) is 13.5. The Morgan fingerprint density at radius 1 is 1.53 bits per heavy atom. The Hall–Kier alpha value is -1.27. The van der Waals surface area contributed by atoms with Crippen LogP contribution < -0.4 is 10.5 Å². The van der Waals surface area contributed by atoms with Crippen molar-refractivity contribution in [3.63, 3.8) is 0 Å². The first-order valence-corrected chi connectivity index (χ1v) is 4.36. The SMILES string of the molecule is Nc1c(Cl)c(F)nc(OCC(=O)[OH2+])c1Cl. The number of hydrogen-bond donors (Lipinski definition) is 1. The van der Waals surface area contributed by atoms with E-state index < -0.39 is 23.5 Å². The van der Waals surface area contributed by atoms with Crippen molar-refractivity contribution in [1.29, 1.82) is 0 Å². The summed E-state index contributed by atoms with van der Waals surface area (Å²) in [6, 6.07) is 0. The minimum absolute atomic E-state index is 0.192. The predicted octanol–water partition coefficient (Wildman–Crippen LogP) is 0.740. The molecule has 0 unspecified atom stereocenters. The van der Waals surface area contributed by atoms with Crippen LogP contribution >= 0.6 is 23.2 Å². The van der Waals surface area contributed by atoms with Crippen molar-refractivity contribution in [3.8, 4) is 5.88 Å². The number of ether oxygens (including phenoxy) is 1. The van der Waals surface area contributed by atoms with Crippen LogP contribution in [0.15, 0.2) is 0 Å². The maximum absolute atomic E-state index is 13.0. The van der Waals surface area contributed by atoms with Gasteiger partial charge in [-0.15, -0.1) is 0 Å². The summed E-state index contributed by atoms with van der Waals surface area (Å²) >= 11 is 11.0. The second-order valence-corrected chi connectivity index (χ2v) is 3.22. The smallest absolute Gasteiger partial charge is 0.554 e. The largest absolute Gasteiger partial charge is 0.562 e. The standard InChI is InChI=1S/C7H5Cl2FN2O3/c8-3-5(11)4(9)7(12-6(3)10)15-1-2(13)14/h1H2,(H2,11,12)(H,13,14)/p+1. The van der Waals surface area contributed by atoms with Gasteiger partial charge in [0.05, 0.1) is 5.69 Å². The number of rotatable bonds is 3. The Balaban J connectivity index is 3.04. The highest BCUT2D eigenvalue weighted by Crippen LogP contribution is 2.35. The number of pyridine rings is 1. The number of carbonyl (C=O) groups excluding carboxylic acids is 1. The van der Waals surface area contributed by atoms with Crippen LogP contribution in [0.2, 0.25) is 10.0 Å². The van der Waals surface area contributed by atoms with Crippen LogP contribution in [0.4, 0.5) is 10.1 Å². The molecule has 0 atom stereocenters. The molecule has 0 aliphatic rings. The molecule has 5 nitrogen and oxygen atoms in total. The molecule has 0 saturated heterocycles. The number of nitrogens with zero attached hydrogens (tertiary/aromatic N) is 1. The fourth-order valence-electron chi connectivity index (χ4n) is 0.740. The maximum Gasteiger partial charge on any atom is 0.554 e. The summed E-state index contributed by atoms with van der Waals surface area (Å²) in [6.45, 7) is -0.590. The van der Waals surface area contributed by atoms with Gasteiger partial charge in [-0.3, -0.25) is 0 Å². The van der Waals surface area contributed by atoms with Crippen molar-refractivity contribution in [1.82, 2.24) is 4.98 Å². The van der Waals surface area contributed by atoms with Gasteiger partial charge in [0, 0.05) is 4.79 Å². The normalized spacial score (nSPS) is 10.1. The van der Waals surface area contributed by atoms with Gasteiger partial charge >= 0.3 is 5.97 Å². The summed E-state index contributed by atoms with van der Waals surface area (Å²) in [5.74, 6) is -2.41. The van der Waals surface area contributed by atoms with E-state index in [-0.39, 0.29) is 16.6 Å². The van der Waals surface area contributed by atoms with Gasteiger partial charge in [-0.1, -0.05) is 23.2 Å². The molecule has 82 valence electrons. The van der Waals surface area contributed by atoms with Crippen molar-refractivity contribution in [3.05, 3.63) is 16.0 Å².